The first-order valence-electron chi connectivity index (χ1n) is 7.55. The smallest absolute Gasteiger partial charge is 0.233 e. The van der Waals surface area contributed by atoms with Gasteiger partial charge in [-0.05, 0) is 44.7 Å². The maximum absolute atomic E-state index is 12.2. The van der Waals surface area contributed by atoms with Crippen LogP contribution in [0.25, 0.3) is 0 Å². The van der Waals surface area contributed by atoms with Crippen LogP contribution in [0.2, 0.25) is 0 Å². The molecule has 1 atom stereocenters. The highest BCUT2D eigenvalue weighted by Gasteiger charge is 2.67. The lowest BCUT2D eigenvalue weighted by Gasteiger charge is -2.34. The molecular weight excluding hydrogens is 321 g/mol. The molecule has 1 aliphatic carbocycles. The monoisotopic (exact) mass is 341 g/mol. The Morgan fingerprint density at radius 2 is 1.68 bits per heavy atom. The molecule has 1 N–H and O–H groups in total. The molecule has 6 heteroatoms. The Bertz CT molecular complexity index is 567. The second-order valence-corrected chi connectivity index (χ2v) is 7.99. The molecule has 1 amide bonds. The predicted molar refractivity (Wildman–Crippen MR) is 91.9 cm³/mol. The fourth-order valence-electron chi connectivity index (χ4n) is 2.74. The fraction of sp³-hybridized carbons (Fsp3) is 0.562. The van der Waals surface area contributed by atoms with E-state index in [9.17, 15) is 4.79 Å². The van der Waals surface area contributed by atoms with Crippen LogP contribution in [-0.4, -0.2) is 48.4 Å². The van der Waals surface area contributed by atoms with Gasteiger partial charge in [0, 0.05) is 37.6 Å². The zero-order valence-corrected chi connectivity index (χ0v) is 14.4. The molecule has 1 aromatic carbocycles. The maximum Gasteiger partial charge on any atom is 0.233 e. The van der Waals surface area contributed by atoms with Crippen molar-refractivity contribution in [3.8, 4) is 0 Å². The SMILES string of the molecule is CN1CCN(c2ccc(NC(=O)[C@]3(C)CC3(Cl)Cl)cc2)CC1. The minimum atomic E-state index is -0.934. The van der Waals surface area contributed by atoms with Gasteiger partial charge in [-0.3, -0.25) is 4.79 Å². The molecule has 2 fully saturated rings. The van der Waals surface area contributed by atoms with Gasteiger partial charge in [0.1, 0.15) is 4.33 Å². The molecule has 0 bridgehead atoms. The first-order chi connectivity index (χ1) is 10.3. The number of carbonyl (C=O) groups excluding carboxylic acids is 1. The Kier molecular flexibility index (Phi) is 4.04. The van der Waals surface area contributed by atoms with Gasteiger partial charge in [0.25, 0.3) is 0 Å². The van der Waals surface area contributed by atoms with Crippen LogP contribution in [-0.2, 0) is 4.79 Å². The summed E-state index contributed by atoms with van der Waals surface area (Å²) in [5, 5.41) is 2.90. The molecule has 1 aliphatic heterocycles. The highest BCUT2D eigenvalue weighted by Crippen LogP contribution is 2.64. The minimum Gasteiger partial charge on any atom is -0.369 e. The predicted octanol–water partition coefficient (Wildman–Crippen LogP) is 2.96. The average Bonchev–Trinajstić information content (AvgIpc) is 3.01. The summed E-state index contributed by atoms with van der Waals surface area (Å²) in [7, 11) is 2.14. The van der Waals surface area contributed by atoms with Gasteiger partial charge in [-0.15, -0.1) is 23.2 Å². The number of hydrogen-bond donors (Lipinski definition) is 1. The summed E-state index contributed by atoms with van der Waals surface area (Å²) >= 11 is 12.1. The molecule has 120 valence electrons. The molecule has 0 radical (unpaired) electrons. The quantitative estimate of drug-likeness (QED) is 0.858. The number of halogens is 2. The lowest BCUT2D eigenvalue weighted by molar-refractivity contribution is -0.120. The third-order valence-corrected chi connectivity index (χ3v) is 5.85. The Balaban J connectivity index is 1.61. The molecule has 0 unspecified atom stereocenters. The number of likely N-dealkylation sites (N-methyl/N-ethyl adjacent to an activating group) is 1. The molecule has 2 aliphatic rings. The van der Waals surface area contributed by atoms with E-state index in [1.807, 2.05) is 24.3 Å². The first-order valence-corrected chi connectivity index (χ1v) is 8.30. The van der Waals surface area contributed by atoms with Crippen LogP contribution in [0.4, 0.5) is 11.4 Å². The van der Waals surface area contributed by atoms with E-state index in [4.69, 9.17) is 23.2 Å². The van der Waals surface area contributed by atoms with Gasteiger partial charge in [0.05, 0.1) is 5.41 Å². The molecule has 0 aromatic heterocycles. The van der Waals surface area contributed by atoms with Gasteiger partial charge in [-0.1, -0.05) is 0 Å². The van der Waals surface area contributed by atoms with Crippen LogP contribution in [0.5, 0.6) is 0 Å². The number of alkyl halides is 2. The summed E-state index contributed by atoms with van der Waals surface area (Å²) in [6.45, 7) is 6.00. The Hall–Kier alpha value is -0.970. The molecule has 1 saturated heterocycles. The van der Waals surface area contributed by atoms with Crippen molar-refractivity contribution in [2.24, 2.45) is 5.41 Å². The molecule has 22 heavy (non-hydrogen) atoms. The second-order valence-electron chi connectivity index (χ2n) is 6.50. The van der Waals surface area contributed by atoms with E-state index in [0.29, 0.717) is 6.42 Å². The number of nitrogens with one attached hydrogen (secondary N) is 1. The largest absolute Gasteiger partial charge is 0.369 e. The van der Waals surface area contributed by atoms with Crippen molar-refractivity contribution in [3.63, 3.8) is 0 Å². The average molecular weight is 342 g/mol. The van der Waals surface area contributed by atoms with E-state index in [2.05, 4.69) is 22.2 Å². The number of amides is 1. The molecule has 1 saturated carbocycles. The van der Waals surface area contributed by atoms with Gasteiger partial charge in [-0.2, -0.15) is 0 Å². The van der Waals surface area contributed by atoms with Gasteiger partial charge >= 0.3 is 0 Å². The molecular formula is C16H21Cl2N3O. The van der Waals surface area contributed by atoms with Gasteiger partial charge in [0.2, 0.25) is 5.91 Å². The number of anilines is 2. The molecule has 1 heterocycles. The number of nitrogens with zero attached hydrogens (tertiary/aromatic N) is 2. The van der Waals surface area contributed by atoms with Gasteiger partial charge in [0.15, 0.2) is 0 Å². The first kappa shape index (κ1) is 15.9. The van der Waals surface area contributed by atoms with Crippen LogP contribution in [0.1, 0.15) is 13.3 Å². The van der Waals surface area contributed by atoms with E-state index in [-0.39, 0.29) is 5.91 Å². The maximum atomic E-state index is 12.2. The number of rotatable bonds is 3. The molecule has 3 rings (SSSR count). The summed E-state index contributed by atoms with van der Waals surface area (Å²) in [6, 6.07) is 7.96. The van der Waals surface area contributed by atoms with Crippen molar-refractivity contribution in [1.29, 1.82) is 0 Å². The van der Waals surface area contributed by atoms with Crippen molar-refractivity contribution >= 4 is 40.5 Å². The second kappa shape index (κ2) is 5.59. The van der Waals surface area contributed by atoms with Crippen molar-refractivity contribution in [1.82, 2.24) is 4.90 Å². The molecule has 1 aromatic rings. The third kappa shape index (κ3) is 2.92. The normalized spacial score (nSPS) is 27.5. The summed E-state index contributed by atoms with van der Waals surface area (Å²) in [4.78, 5) is 16.9. The number of hydrogen-bond acceptors (Lipinski definition) is 3. The standard InChI is InChI=1S/C16H21Cl2N3O/c1-15(11-16(15,17)18)14(22)19-12-3-5-13(6-4-12)21-9-7-20(2)8-10-21/h3-6H,7-11H2,1-2H3,(H,19,22)/t15-/m0/s1. The van der Waals surface area contributed by atoms with Crippen molar-refractivity contribution < 1.29 is 4.79 Å². The fourth-order valence-corrected chi connectivity index (χ4v) is 3.44. The van der Waals surface area contributed by atoms with Crippen LogP contribution in [0.15, 0.2) is 24.3 Å². The summed E-state index contributed by atoms with van der Waals surface area (Å²) in [5.41, 5.74) is 1.28. The number of carbonyl (C=O) groups is 1. The minimum absolute atomic E-state index is 0.121. The van der Waals surface area contributed by atoms with Crippen LogP contribution in [0.3, 0.4) is 0 Å². The highest BCUT2D eigenvalue weighted by molar-refractivity contribution is 6.53. The molecule has 4 nitrogen and oxygen atoms in total. The highest BCUT2D eigenvalue weighted by atomic mass is 35.5. The number of benzene rings is 1. The Morgan fingerprint density at radius 3 is 2.18 bits per heavy atom. The third-order valence-electron chi connectivity index (χ3n) is 4.75. The van der Waals surface area contributed by atoms with Crippen molar-refractivity contribution in [3.05, 3.63) is 24.3 Å². The van der Waals surface area contributed by atoms with Crippen molar-refractivity contribution in [2.45, 2.75) is 17.7 Å². The van der Waals surface area contributed by atoms with Crippen LogP contribution >= 0.6 is 23.2 Å². The lowest BCUT2D eigenvalue weighted by Crippen LogP contribution is -2.44. The Morgan fingerprint density at radius 1 is 1.14 bits per heavy atom. The van der Waals surface area contributed by atoms with E-state index in [0.717, 1.165) is 31.9 Å². The zero-order valence-electron chi connectivity index (χ0n) is 12.9. The summed E-state index contributed by atoms with van der Waals surface area (Å²) < 4.78 is -0.934. The zero-order chi connectivity index (χ0) is 16.0. The Labute approximate surface area is 141 Å². The van der Waals surface area contributed by atoms with Crippen LogP contribution in [0, 0.1) is 5.41 Å². The van der Waals surface area contributed by atoms with E-state index in [1.54, 1.807) is 6.92 Å². The summed E-state index contributed by atoms with van der Waals surface area (Å²) in [6.07, 6.45) is 0.494. The van der Waals surface area contributed by atoms with E-state index >= 15 is 0 Å². The van der Waals surface area contributed by atoms with E-state index in [1.165, 1.54) is 5.69 Å². The van der Waals surface area contributed by atoms with Gasteiger partial charge < -0.3 is 15.1 Å². The summed E-state index contributed by atoms with van der Waals surface area (Å²) in [5.74, 6) is -0.121. The van der Waals surface area contributed by atoms with Crippen molar-refractivity contribution in [2.75, 3.05) is 43.4 Å². The van der Waals surface area contributed by atoms with E-state index < -0.39 is 9.75 Å². The lowest BCUT2D eigenvalue weighted by atomic mass is 10.1. The molecule has 0 spiro atoms. The van der Waals surface area contributed by atoms with Crippen LogP contribution < -0.4 is 10.2 Å². The number of piperazine rings is 1. The topological polar surface area (TPSA) is 35.6 Å². The van der Waals surface area contributed by atoms with Gasteiger partial charge in [-0.25, -0.2) is 0 Å².